The number of amides is 1. The molecule has 1 aromatic heterocycles. The quantitative estimate of drug-likeness (QED) is 0.650. The molecule has 0 unspecified atom stereocenters. The normalized spacial score (nSPS) is 23.8. The molecule has 4 N–H and O–H groups in total. The number of hydrogen-bond donors (Lipinski definition) is 3. The van der Waals surface area contributed by atoms with Crippen molar-refractivity contribution in [3.05, 3.63) is 46.0 Å². The third-order valence-corrected chi connectivity index (χ3v) is 7.52. The molecule has 2 aromatic rings. The van der Waals surface area contributed by atoms with Crippen molar-refractivity contribution in [2.75, 3.05) is 5.32 Å². The van der Waals surface area contributed by atoms with Crippen LogP contribution in [0.4, 0.5) is 10.1 Å². The number of fused-ring (bicyclic) bond motifs is 3. The molecule has 1 amide bonds. The Morgan fingerprint density at radius 1 is 1.15 bits per heavy atom. The Kier molecular flexibility index (Phi) is 5.35. The van der Waals surface area contributed by atoms with Gasteiger partial charge in [0.05, 0.1) is 23.0 Å². The summed E-state index contributed by atoms with van der Waals surface area (Å²) < 4.78 is 17.4. The average Bonchev–Trinajstić information content (AvgIpc) is 3.28. The van der Waals surface area contributed by atoms with Crippen molar-refractivity contribution >= 4 is 17.4 Å². The number of carbonyl (C=O) groups excluding carboxylic acids is 2. The number of nitrogens with one attached hydrogen (secondary N) is 1. The second kappa shape index (κ2) is 7.97. The highest BCUT2D eigenvalue weighted by Crippen LogP contribution is 2.43. The number of nitrogens with two attached hydrogens (primary N) is 1. The second-order valence-corrected chi connectivity index (χ2v) is 10.7. The van der Waals surface area contributed by atoms with Crippen molar-refractivity contribution in [2.24, 2.45) is 11.1 Å². The maximum Gasteiger partial charge on any atom is 0.253 e. The van der Waals surface area contributed by atoms with Crippen LogP contribution in [0.15, 0.2) is 12.1 Å². The predicted molar refractivity (Wildman–Crippen MR) is 125 cm³/mol. The Morgan fingerprint density at radius 2 is 1.88 bits per heavy atom. The summed E-state index contributed by atoms with van der Waals surface area (Å²) in [4.78, 5) is 25.2. The van der Waals surface area contributed by atoms with Crippen molar-refractivity contribution in [1.29, 1.82) is 0 Å². The number of primary amides is 1. The van der Waals surface area contributed by atoms with Gasteiger partial charge in [-0.3, -0.25) is 9.59 Å². The lowest BCUT2D eigenvalue weighted by Gasteiger charge is -2.31. The van der Waals surface area contributed by atoms with Gasteiger partial charge in [0.15, 0.2) is 5.78 Å². The van der Waals surface area contributed by atoms with Gasteiger partial charge in [0, 0.05) is 29.4 Å². The SMILES string of the molecule is CC1(C)CC(=O)c2c3c(n(-c4cc(F)c(C(N)=O)c(NC5CCC(O)CC5)c4)c2C1)CCC3. The summed E-state index contributed by atoms with van der Waals surface area (Å²) in [7, 11) is 0. The lowest BCUT2D eigenvalue weighted by molar-refractivity contribution is 0.0909. The summed E-state index contributed by atoms with van der Waals surface area (Å²) in [5.74, 6) is -1.30. The van der Waals surface area contributed by atoms with E-state index in [0.717, 1.165) is 61.0 Å². The van der Waals surface area contributed by atoms with Crippen LogP contribution >= 0.6 is 0 Å². The average molecular weight is 454 g/mol. The molecule has 0 saturated heterocycles. The van der Waals surface area contributed by atoms with Crippen molar-refractivity contribution in [3.8, 4) is 5.69 Å². The van der Waals surface area contributed by atoms with Gasteiger partial charge in [-0.1, -0.05) is 13.8 Å². The largest absolute Gasteiger partial charge is 0.393 e. The summed E-state index contributed by atoms with van der Waals surface area (Å²) in [6.07, 6.45) is 6.46. The first kappa shape index (κ1) is 22.1. The Bertz CT molecular complexity index is 1140. The van der Waals surface area contributed by atoms with Gasteiger partial charge in [-0.2, -0.15) is 0 Å². The van der Waals surface area contributed by atoms with Gasteiger partial charge in [0.2, 0.25) is 0 Å². The predicted octanol–water partition coefficient (Wildman–Crippen LogP) is 4.07. The summed E-state index contributed by atoms with van der Waals surface area (Å²) in [5, 5.41) is 13.2. The molecule has 7 heteroatoms. The van der Waals surface area contributed by atoms with Crippen molar-refractivity contribution < 1.29 is 19.1 Å². The molecule has 1 aromatic carbocycles. The minimum atomic E-state index is -0.812. The molecule has 0 atom stereocenters. The van der Waals surface area contributed by atoms with E-state index in [1.807, 2.05) is 0 Å². The highest BCUT2D eigenvalue weighted by Gasteiger charge is 2.39. The Morgan fingerprint density at radius 3 is 2.58 bits per heavy atom. The lowest BCUT2D eigenvalue weighted by Crippen LogP contribution is -2.30. The van der Waals surface area contributed by atoms with Gasteiger partial charge in [0.1, 0.15) is 5.82 Å². The number of anilines is 1. The van der Waals surface area contributed by atoms with Gasteiger partial charge in [0.25, 0.3) is 5.91 Å². The summed E-state index contributed by atoms with van der Waals surface area (Å²) in [6, 6.07) is 3.21. The molecule has 0 aliphatic heterocycles. The van der Waals surface area contributed by atoms with Crippen LogP contribution in [-0.2, 0) is 19.3 Å². The number of nitrogens with zero attached hydrogens (tertiary/aromatic N) is 1. The highest BCUT2D eigenvalue weighted by atomic mass is 19.1. The molecular formula is C26H32FN3O3. The van der Waals surface area contributed by atoms with E-state index in [-0.39, 0.29) is 28.9 Å². The zero-order valence-electron chi connectivity index (χ0n) is 19.3. The van der Waals surface area contributed by atoms with Crippen LogP contribution in [-0.4, -0.2) is 33.5 Å². The number of benzene rings is 1. The Balaban J connectivity index is 1.64. The lowest BCUT2D eigenvalue weighted by atomic mass is 9.75. The van der Waals surface area contributed by atoms with E-state index in [0.29, 0.717) is 30.6 Å². The first-order valence-electron chi connectivity index (χ1n) is 12.0. The Hall–Kier alpha value is -2.67. The van der Waals surface area contributed by atoms with Gasteiger partial charge in [-0.25, -0.2) is 4.39 Å². The van der Waals surface area contributed by atoms with Gasteiger partial charge in [-0.05, 0) is 74.5 Å². The third-order valence-electron chi connectivity index (χ3n) is 7.52. The van der Waals surface area contributed by atoms with Crippen LogP contribution in [0.25, 0.3) is 5.69 Å². The number of aliphatic hydroxyl groups excluding tert-OH is 1. The molecule has 176 valence electrons. The molecule has 1 saturated carbocycles. The molecule has 1 fully saturated rings. The molecule has 3 aliphatic carbocycles. The van der Waals surface area contributed by atoms with E-state index in [4.69, 9.17) is 5.73 Å². The number of aliphatic hydroxyl groups is 1. The van der Waals surface area contributed by atoms with Crippen molar-refractivity contribution in [3.63, 3.8) is 0 Å². The number of Topliss-reactive ketones (excluding diaryl/α,β-unsaturated/α-hetero) is 1. The van der Waals surface area contributed by atoms with Gasteiger partial charge in [-0.15, -0.1) is 0 Å². The second-order valence-electron chi connectivity index (χ2n) is 10.7. The van der Waals surface area contributed by atoms with E-state index < -0.39 is 11.7 Å². The Labute approximate surface area is 193 Å². The summed E-state index contributed by atoms with van der Waals surface area (Å²) in [5.41, 5.74) is 10.2. The monoisotopic (exact) mass is 453 g/mol. The van der Waals surface area contributed by atoms with Crippen LogP contribution in [0.2, 0.25) is 0 Å². The highest BCUT2D eigenvalue weighted by molar-refractivity contribution is 6.01. The van der Waals surface area contributed by atoms with E-state index in [1.165, 1.54) is 6.07 Å². The number of rotatable bonds is 4. The zero-order valence-corrected chi connectivity index (χ0v) is 19.3. The minimum Gasteiger partial charge on any atom is -0.393 e. The molecular weight excluding hydrogens is 421 g/mol. The van der Waals surface area contributed by atoms with Crippen LogP contribution in [0, 0.1) is 11.2 Å². The first-order valence-corrected chi connectivity index (χ1v) is 12.0. The number of halogens is 1. The van der Waals surface area contributed by atoms with E-state index in [1.54, 1.807) is 6.07 Å². The molecule has 1 heterocycles. The van der Waals surface area contributed by atoms with Crippen LogP contribution in [0.5, 0.6) is 0 Å². The zero-order chi connectivity index (χ0) is 23.5. The third kappa shape index (κ3) is 3.86. The number of carbonyl (C=O) groups is 2. The van der Waals surface area contributed by atoms with Crippen molar-refractivity contribution in [2.45, 2.75) is 83.8 Å². The summed E-state index contributed by atoms with van der Waals surface area (Å²) >= 11 is 0. The van der Waals surface area contributed by atoms with Gasteiger partial charge >= 0.3 is 0 Å². The molecule has 0 spiro atoms. The fourth-order valence-corrected chi connectivity index (χ4v) is 6.07. The number of hydrogen-bond acceptors (Lipinski definition) is 4. The summed E-state index contributed by atoms with van der Waals surface area (Å²) in [6.45, 7) is 4.19. The molecule has 0 bridgehead atoms. The maximum atomic E-state index is 15.3. The molecule has 6 nitrogen and oxygen atoms in total. The molecule has 33 heavy (non-hydrogen) atoms. The fourth-order valence-electron chi connectivity index (χ4n) is 6.07. The van der Waals surface area contributed by atoms with E-state index in [9.17, 15) is 14.7 Å². The standard InChI is InChI=1S/C26H32FN3O3/c1-26(2)12-21-23(22(32)13-26)17-4-3-5-20(17)30(21)15-10-18(27)24(25(28)33)19(11-15)29-14-6-8-16(31)9-7-14/h10-11,14,16,29,31H,3-9,12-13H2,1-2H3,(H2,28,33). The topological polar surface area (TPSA) is 97.4 Å². The van der Waals surface area contributed by atoms with E-state index in [2.05, 4.69) is 23.7 Å². The maximum absolute atomic E-state index is 15.3. The number of ketones is 1. The van der Waals surface area contributed by atoms with Crippen LogP contribution < -0.4 is 11.1 Å². The van der Waals surface area contributed by atoms with Crippen LogP contribution in [0.1, 0.15) is 90.0 Å². The molecule has 5 rings (SSSR count). The minimum absolute atomic E-state index is 0.0333. The smallest absolute Gasteiger partial charge is 0.253 e. The van der Waals surface area contributed by atoms with Gasteiger partial charge < -0.3 is 20.7 Å². The number of aromatic nitrogens is 1. The van der Waals surface area contributed by atoms with E-state index >= 15 is 4.39 Å². The van der Waals surface area contributed by atoms with Crippen LogP contribution in [0.3, 0.4) is 0 Å². The fraction of sp³-hybridized carbons (Fsp3) is 0.538. The van der Waals surface area contributed by atoms with Crippen molar-refractivity contribution in [1.82, 2.24) is 4.57 Å². The molecule has 0 radical (unpaired) electrons. The first-order chi connectivity index (χ1) is 15.6. The molecule has 3 aliphatic rings.